The summed E-state index contributed by atoms with van der Waals surface area (Å²) in [7, 11) is 1.87. The second-order valence-electron chi connectivity index (χ2n) is 5.06. The maximum absolute atomic E-state index is 13.8. The minimum absolute atomic E-state index is 0.00222. The summed E-state index contributed by atoms with van der Waals surface area (Å²) in [5.41, 5.74) is 4.46. The topological polar surface area (TPSA) is 12.0 Å². The standard InChI is InChI=1S/C17H20FN/c1-12-8-13(2)10-14(9-12)11-17(19-3)15-6-4-5-7-16(15)18/h4-10,17,19H,11H2,1-3H3. The van der Waals surface area contributed by atoms with Gasteiger partial charge in [-0.1, -0.05) is 47.5 Å². The van der Waals surface area contributed by atoms with Crippen LogP contribution in [0, 0.1) is 19.7 Å². The van der Waals surface area contributed by atoms with Gasteiger partial charge in [-0.05, 0) is 38.9 Å². The Hall–Kier alpha value is -1.67. The molecule has 100 valence electrons. The summed E-state index contributed by atoms with van der Waals surface area (Å²) < 4.78 is 13.8. The first-order valence-corrected chi connectivity index (χ1v) is 6.59. The van der Waals surface area contributed by atoms with Gasteiger partial charge in [0.1, 0.15) is 5.82 Å². The Bertz CT molecular complexity index is 543. The molecule has 2 aromatic carbocycles. The molecule has 1 atom stereocenters. The molecular weight excluding hydrogens is 237 g/mol. The molecule has 0 aromatic heterocycles. The number of aryl methyl sites for hydroxylation is 2. The summed E-state index contributed by atoms with van der Waals surface area (Å²) in [4.78, 5) is 0. The van der Waals surface area contributed by atoms with Gasteiger partial charge in [-0.3, -0.25) is 0 Å². The minimum Gasteiger partial charge on any atom is -0.313 e. The molecule has 0 bridgehead atoms. The Morgan fingerprint density at radius 2 is 1.68 bits per heavy atom. The quantitative estimate of drug-likeness (QED) is 0.874. The predicted molar refractivity (Wildman–Crippen MR) is 77.8 cm³/mol. The molecule has 0 fully saturated rings. The zero-order valence-corrected chi connectivity index (χ0v) is 11.7. The van der Waals surface area contributed by atoms with Crippen LogP contribution in [0.4, 0.5) is 4.39 Å². The van der Waals surface area contributed by atoms with Crippen LogP contribution in [-0.2, 0) is 6.42 Å². The number of halogens is 1. The zero-order chi connectivity index (χ0) is 13.8. The Balaban J connectivity index is 2.26. The first kappa shape index (κ1) is 13.8. The molecule has 2 aromatic rings. The minimum atomic E-state index is -0.147. The van der Waals surface area contributed by atoms with E-state index >= 15 is 0 Å². The van der Waals surface area contributed by atoms with E-state index in [0.29, 0.717) is 0 Å². The van der Waals surface area contributed by atoms with E-state index in [4.69, 9.17) is 0 Å². The van der Waals surface area contributed by atoms with E-state index in [-0.39, 0.29) is 11.9 Å². The number of rotatable bonds is 4. The van der Waals surface area contributed by atoms with Crippen molar-refractivity contribution in [2.45, 2.75) is 26.3 Å². The maximum atomic E-state index is 13.8. The third-order valence-electron chi connectivity index (χ3n) is 3.35. The highest BCUT2D eigenvalue weighted by Crippen LogP contribution is 2.22. The van der Waals surface area contributed by atoms with E-state index in [2.05, 4.69) is 37.4 Å². The molecule has 1 nitrogen and oxygen atoms in total. The molecule has 0 aliphatic heterocycles. The van der Waals surface area contributed by atoms with Crippen molar-refractivity contribution in [1.82, 2.24) is 5.32 Å². The molecule has 19 heavy (non-hydrogen) atoms. The van der Waals surface area contributed by atoms with Crippen molar-refractivity contribution in [1.29, 1.82) is 0 Å². The van der Waals surface area contributed by atoms with E-state index in [1.165, 1.54) is 22.8 Å². The molecule has 2 heteroatoms. The molecule has 0 saturated heterocycles. The van der Waals surface area contributed by atoms with E-state index in [1.807, 2.05) is 19.2 Å². The van der Waals surface area contributed by atoms with Gasteiger partial charge in [-0.2, -0.15) is 0 Å². The lowest BCUT2D eigenvalue weighted by Crippen LogP contribution is -2.20. The highest BCUT2D eigenvalue weighted by atomic mass is 19.1. The summed E-state index contributed by atoms with van der Waals surface area (Å²) in [6.45, 7) is 4.18. The van der Waals surface area contributed by atoms with Gasteiger partial charge in [0, 0.05) is 11.6 Å². The normalized spacial score (nSPS) is 12.4. The Morgan fingerprint density at radius 3 is 2.26 bits per heavy atom. The van der Waals surface area contributed by atoms with Gasteiger partial charge in [0.05, 0.1) is 0 Å². The Morgan fingerprint density at radius 1 is 1.05 bits per heavy atom. The first-order valence-electron chi connectivity index (χ1n) is 6.59. The van der Waals surface area contributed by atoms with Crippen LogP contribution in [0.1, 0.15) is 28.3 Å². The lowest BCUT2D eigenvalue weighted by molar-refractivity contribution is 0.534. The molecule has 0 aliphatic rings. The van der Waals surface area contributed by atoms with E-state index in [9.17, 15) is 4.39 Å². The van der Waals surface area contributed by atoms with Crippen LogP contribution in [0.2, 0.25) is 0 Å². The van der Waals surface area contributed by atoms with E-state index < -0.39 is 0 Å². The lowest BCUT2D eigenvalue weighted by atomic mass is 9.96. The van der Waals surface area contributed by atoms with Gasteiger partial charge in [-0.25, -0.2) is 4.39 Å². The number of likely N-dealkylation sites (N-methyl/N-ethyl adjacent to an activating group) is 1. The van der Waals surface area contributed by atoms with Crippen molar-refractivity contribution in [3.8, 4) is 0 Å². The molecule has 1 unspecified atom stereocenters. The molecule has 1 N–H and O–H groups in total. The SMILES string of the molecule is CNC(Cc1cc(C)cc(C)c1)c1ccccc1F. The number of nitrogens with one attached hydrogen (secondary N) is 1. The Kier molecular flexibility index (Phi) is 4.33. The monoisotopic (exact) mass is 257 g/mol. The summed E-state index contributed by atoms with van der Waals surface area (Å²) in [6.07, 6.45) is 0.792. The smallest absolute Gasteiger partial charge is 0.127 e. The molecular formula is C17H20FN. The van der Waals surface area contributed by atoms with Gasteiger partial charge >= 0.3 is 0 Å². The van der Waals surface area contributed by atoms with Gasteiger partial charge < -0.3 is 5.32 Å². The highest BCUT2D eigenvalue weighted by Gasteiger charge is 2.14. The first-order chi connectivity index (χ1) is 9.10. The van der Waals surface area contributed by atoms with Crippen molar-refractivity contribution < 1.29 is 4.39 Å². The average molecular weight is 257 g/mol. The molecule has 0 spiro atoms. The van der Waals surface area contributed by atoms with E-state index in [0.717, 1.165) is 12.0 Å². The zero-order valence-electron chi connectivity index (χ0n) is 11.7. The summed E-state index contributed by atoms with van der Waals surface area (Å²) >= 11 is 0. The lowest BCUT2D eigenvalue weighted by Gasteiger charge is -2.18. The van der Waals surface area contributed by atoms with E-state index in [1.54, 1.807) is 6.07 Å². The number of benzene rings is 2. The fourth-order valence-corrected chi connectivity index (χ4v) is 2.55. The third kappa shape index (κ3) is 3.42. The second-order valence-corrected chi connectivity index (χ2v) is 5.06. The van der Waals surface area contributed by atoms with Gasteiger partial charge in [0.2, 0.25) is 0 Å². The number of hydrogen-bond acceptors (Lipinski definition) is 1. The van der Waals surface area contributed by atoms with Gasteiger partial charge in [-0.15, -0.1) is 0 Å². The van der Waals surface area contributed by atoms with Crippen LogP contribution in [0.25, 0.3) is 0 Å². The van der Waals surface area contributed by atoms with Crippen molar-refractivity contribution >= 4 is 0 Å². The predicted octanol–water partition coefficient (Wildman–Crippen LogP) is 3.95. The summed E-state index contributed by atoms with van der Waals surface area (Å²) in [5, 5.41) is 3.21. The average Bonchev–Trinajstić information content (AvgIpc) is 2.36. The fraction of sp³-hybridized carbons (Fsp3) is 0.294. The van der Waals surface area contributed by atoms with Crippen LogP contribution in [0.15, 0.2) is 42.5 Å². The molecule has 0 heterocycles. The summed E-state index contributed by atoms with van der Waals surface area (Å²) in [5.74, 6) is -0.147. The molecule has 2 rings (SSSR count). The van der Waals surface area contributed by atoms with Crippen molar-refractivity contribution in [2.24, 2.45) is 0 Å². The number of hydrogen-bond donors (Lipinski definition) is 1. The van der Waals surface area contributed by atoms with Gasteiger partial charge in [0.25, 0.3) is 0 Å². The van der Waals surface area contributed by atoms with Crippen LogP contribution in [-0.4, -0.2) is 7.05 Å². The molecule has 0 aliphatic carbocycles. The van der Waals surface area contributed by atoms with Crippen LogP contribution < -0.4 is 5.32 Å². The highest BCUT2D eigenvalue weighted by molar-refractivity contribution is 5.31. The molecule has 0 radical (unpaired) electrons. The third-order valence-corrected chi connectivity index (χ3v) is 3.35. The van der Waals surface area contributed by atoms with Crippen LogP contribution >= 0.6 is 0 Å². The Labute approximate surface area is 114 Å². The van der Waals surface area contributed by atoms with Crippen molar-refractivity contribution in [3.63, 3.8) is 0 Å². The van der Waals surface area contributed by atoms with Crippen LogP contribution in [0.5, 0.6) is 0 Å². The summed E-state index contributed by atoms with van der Waals surface area (Å²) in [6, 6.07) is 13.5. The molecule has 0 amide bonds. The fourth-order valence-electron chi connectivity index (χ4n) is 2.55. The largest absolute Gasteiger partial charge is 0.313 e. The van der Waals surface area contributed by atoms with Crippen molar-refractivity contribution in [2.75, 3.05) is 7.05 Å². The maximum Gasteiger partial charge on any atom is 0.127 e. The van der Waals surface area contributed by atoms with Crippen LogP contribution in [0.3, 0.4) is 0 Å². The van der Waals surface area contributed by atoms with Gasteiger partial charge in [0.15, 0.2) is 0 Å². The second kappa shape index (κ2) is 5.98. The molecule has 0 saturated carbocycles. The van der Waals surface area contributed by atoms with Crippen molar-refractivity contribution in [3.05, 3.63) is 70.5 Å².